The van der Waals surface area contributed by atoms with E-state index in [0.29, 0.717) is 30.1 Å². The van der Waals surface area contributed by atoms with Crippen LogP contribution in [0.1, 0.15) is 57.9 Å². The number of Topliss-reactive ketones (excluding diaryl/α,β-unsaturated/α-hetero) is 1. The molecule has 7 heteroatoms. The molecule has 0 radical (unpaired) electrons. The van der Waals surface area contributed by atoms with Crippen LogP contribution in [0.5, 0.6) is 5.75 Å². The Morgan fingerprint density at radius 2 is 1.97 bits per heavy atom. The molecule has 2 atom stereocenters. The Morgan fingerprint density at radius 1 is 1.23 bits per heavy atom. The smallest absolute Gasteiger partial charge is 0.338 e. The molecule has 1 aromatic heterocycles. The quantitative estimate of drug-likeness (QED) is 0.421. The van der Waals surface area contributed by atoms with Crippen molar-refractivity contribution in [1.82, 2.24) is 4.57 Å². The van der Waals surface area contributed by atoms with Gasteiger partial charge in [-0.3, -0.25) is 4.79 Å². The van der Waals surface area contributed by atoms with E-state index in [0.717, 1.165) is 30.8 Å². The van der Waals surface area contributed by atoms with Gasteiger partial charge in [-0.1, -0.05) is 0 Å². The molecule has 0 saturated carbocycles. The number of ketones is 1. The zero-order valence-electron chi connectivity index (χ0n) is 18.7. The van der Waals surface area contributed by atoms with E-state index >= 15 is 0 Å². The van der Waals surface area contributed by atoms with Crippen LogP contribution in [0.15, 0.2) is 30.3 Å². The van der Waals surface area contributed by atoms with Gasteiger partial charge in [-0.25, -0.2) is 4.79 Å². The molecule has 1 saturated heterocycles. The Morgan fingerprint density at radius 3 is 2.61 bits per heavy atom. The molecule has 7 nitrogen and oxygen atoms in total. The van der Waals surface area contributed by atoms with Gasteiger partial charge in [0.15, 0.2) is 6.61 Å². The third-order valence-electron chi connectivity index (χ3n) is 5.52. The zero-order chi connectivity index (χ0) is 22.4. The second-order valence-corrected chi connectivity index (χ2v) is 7.93. The lowest BCUT2D eigenvalue weighted by Crippen LogP contribution is -2.17. The average molecular weight is 430 g/mol. The number of methoxy groups -OCH3 is 1. The third kappa shape index (κ3) is 5.74. The van der Waals surface area contributed by atoms with Crippen LogP contribution in [0.25, 0.3) is 0 Å². The van der Waals surface area contributed by atoms with Gasteiger partial charge in [0, 0.05) is 30.7 Å². The summed E-state index contributed by atoms with van der Waals surface area (Å²) < 4.78 is 23.8. The van der Waals surface area contributed by atoms with Gasteiger partial charge in [0.2, 0.25) is 5.78 Å². The van der Waals surface area contributed by atoms with E-state index in [2.05, 4.69) is 4.57 Å². The third-order valence-corrected chi connectivity index (χ3v) is 5.52. The Kier molecular flexibility index (Phi) is 7.87. The van der Waals surface area contributed by atoms with Crippen LogP contribution >= 0.6 is 0 Å². The Labute approximate surface area is 183 Å². The molecule has 0 aliphatic carbocycles. The Bertz CT molecular complexity index is 896. The minimum atomic E-state index is -0.541. The SMILES string of the molecule is COC[C@H](C)n1c(C)cc(C(=O)COC(=O)c2ccc(OC[C@H]3CCCO3)cc2)c1C. The minimum Gasteiger partial charge on any atom is -0.491 e. The maximum absolute atomic E-state index is 12.7. The van der Waals surface area contributed by atoms with Crippen LogP contribution in [-0.2, 0) is 14.2 Å². The van der Waals surface area contributed by atoms with E-state index in [1.807, 2.05) is 26.8 Å². The van der Waals surface area contributed by atoms with Crippen LogP contribution in [-0.4, -0.2) is 56.0 Å². The molecule has 0 spiro atoms. The summed E-state index contributed by atoms with van der Waals surface area (Å²) in [6.45, 7) is 7.40. The highest BCUT2D eigenvalue weighted by atomic mass is 16.5. The number of carbonyl (C=O) groups excluding carboxylic acids is 2. The average Bonchev–Trinajstić information content (AvgIpc) is 3.38. The molecule has 0 unspecified atom stereocenters. The minimum absolute atomic E-state index is 0.107. The summed E-state index contributed by atoms with van der Waals surface area (Å²) in [5, 5.41) is 0. The summed E-state index contributed by atoms with van der Waals surface area (Å²) in [4.78, 5) is 25.0. The first-order valence-corrected chi connectivity index (χ1v) is 10.6. The fourth-order valence-corrected chi connectivity index (χ4v) is 4.00. The summed E-state index contributed by atoms with van der Waals surface area (Å²) in [7, 11) is 1.65. The maximum atomic E-state index is 12.7. The molecule has 1 aromatic carbocycles. The Balaban J connectivity index is 1.54. The highest BCUT2D eigenvalue weighted by Crippen LogP contribution is 2.22. The normalized spacial score (nSPS) is 16.8. The fourth-order valence-electron chi connectivity index (χ4n) is 4.00. The molecule has 1 fully saturated rings. The van der Waals surface area contributed by atoms with Crippen LogP contribution < -0.4 is 4.74 Å². The monoisotopic (exact) mass is 429 g/mol. The number of esters is 1. The lowest BCUT2D eigenvalue weighted by Gasteiger charge is -2.17. The van der Waals surface area contributed by atoms with Gasteiger partial charge < -0.3 is 23.5 Å². The molecule has 2 aromatic rings. The number of nitrogens with zero attached hydrogens (tertiary/aromatic N) is 1. The van der Waals surface area contributed by atoms with Crippen molar-refractivity contribution in [3.63, 3.8) is 0 Å². The summed E-state index contributed by atoms with van der Waals surface area (Å²) in [6.07, 6.45) is 2.20. The largest absolute Gasteiger partial charge is 0.491 e. The van der Waals surface area contributed by atoms with Gasteiger partial charge in [0.25, 0.3) is 0 Å². The maximum Gasteiger partial charge on any atom is 0.338 e. The van der Waals surface area contributed by atoms with E-state index in [1.54, 1.807) is 31.4 Å². The van der Waals surface area contributed by atoms with Crippen molar-refractivity contribution in [3.8, 4) is 5.75 Å². The zero-order valence-corrected chi connectivity index (χ0v) is 18.7. The molecule has 0 bridgehead atoms. The highest BCUT2D eigenvalue weighted by Gasteiger charge is 2.20. The molecule has 3 rings (SSSR count). The summed E-state index contributed by atoms with van der Waals surface area (Å²) in [6, 6.07) is 8.65. The second-order valence-electron chi connectivity index (χ2n) is 7.93. The number of ether oxygens (including phenoxy) is 4. The first-order chi connectivity index (χ1) is 14.9. The van der Waals surface area contributed by atoms with Crippen LogP contribution in [0.2, 0.25) is 0 Å². The number of hydrogen-bond donors (Lipinski definition) is 0. The fraction of sp³-hybridized carbons (Fsp3) is 0.500. The summed E-state index contributed by atoms with van der Waals surface area (Å²) in [5.74, 6) is -0.102. The molecule has 1 aliphatic rings. The van der Waals surface area contributed by atoms with Crippen molar-refractivity contribution in [1.29, 1.82) is 0 Å². The van der Waals surface area contributed by atoms with E-state index in [1.165, 1.54) is 0 Å². The molecule has 31 heavy (non-hydrogen) atoms. The number of benzene rings is 1. The molecular formula is C24H31NO6. The molecule has 1 aliphatic heterocycles. The number of hydrogen-bond acceptors (Lipinski definition) is 6. The first kappa shape index (κ1) is 23.0. The van der Waals surface area contributed by atoms with E-state index in [4.69, 9.17) is 18.9 Å². The lowest BCUT2D eigenvalue weighted by molar-refractivity contribution is 0.0474. The predicted molar refractivity (Wildman–Crippen MR) is 116 cm³/mol. The molecule has 2 heterocycles. The van der Waals surface area contributed by atoms with Gasteiger partial charge in [-0.2, -0.15) is 0 Å². The van der Waals surface area contributed by atoms with Crippen LogP contribution in [0.4, 0.5) is 0 Å². The molecule has 0 amide bonds. The number of aryl methyl sites for hydroxylation is 1. The Hall–Kier alpha value is -2.64. The summed E-state index contributed by atoms with van der Waals surface area (Å²) in [5.41, 5.74) is 2.74. The second kappa shape index (κ2) is 10.6. The lowest BCUT2D eigenvalue weighted by atomic mass is 10.1. The number of rotatable bonds is 10. The van der Waals surface area contributed by atoms with Crippen molar-refractivity contribution in [2.75, 3.05) is 33.5 Å². The van der Waals surface area contributed by atoms with Crippen LogP contribution in [0, 0.1) is 13.8 Å². The standard InChI is InChI=1S/C24H31NO6/c1-16-12-22(18(3)25(16)17(2)13-28-4)23(26)15-31-24(27)19-7-9-20(10-8-19)30-14-21-6-5-11-29-21/h7-10,12,17,21H,5-6,11,13-15H2,1-4H3/t17-,21+/m0/s1. The topological polar surface area (TPSA) is 76.0 Å². The van der Waals surface area contributed by atoms with Gasteiger partial charge in [0.05, 0.1) is 24.3 Å². The summed E-state index contributed by atoms with van der Waals surface area (Å²) >= 11 is 0. The van der Waals surface area contributed by atoms with E-state index in [-0.39, 0.29) is 24.5 Å². The van der Waals surface area contributed by atoms with Crippen molar-refractivity contribution in [2.45, 2.75) is 45.8 Å². The molecular weight excluding hydrogens is 398 g/mol. The molecule has 0 N–H and O–H groups in total. The predicted octanol–water partition coefficient (Wildman–Crippen LogP) is 3.91. The first-order valence-electron chi connectivity index (χ1n) is 10.6. The van der Waals surface area contributed by atoms with E-state index in [9.17, 15) is 9.59 Å². The van der Waals surface area contributed by atoms with Gasteiger partial charge in [0.1, 0.15) is 12.4 Å². The van der Waals surface area contributed by atoms with Gasteiger partial charge in [-0.05, 0) is 63.9 Å². The van der Waals surface area contributed by atoms with Gasteiger partial charge >= 0.3 is 5.97 Å². The van der Waals surface area contributed by atoms with Crippen molar-refractivity contribution < 1.29 is 28.5 Å². The number of carbonyl (C=O) groups is 2. The van der Waals surface area contributed by atoms with Crippen LogP contribution in [0.3, 0.4) is 0 Å². The van der Waals surface area contributed by atoms with Crippen molar-refractivity contribution in [3.05, 3.63) is 52.8 Å². The molecule has 168 valence electrons. The van der Waals surface area contributed by atoms with E-state index < -0.39 is 5.97 Å². The van der Waals surface area contributed by atoms with Crippen molar-refractivity contribution >= 4 is 11.8 Å². The van der Waals surface area contributed by atoms with Crippen molar-refractivity contribution in [2.24, 2.45) is 0 Å². The van der Waals surface area contributed by atoms with Gasteiger partial charge in [-0.15, -0.1) is 0 Å². The number of aromatic nitrogens is 1. The highest BCUT2D eigenvalue weighted by molar-refractivity contribution is 6.00.